The molecule has 2 aromatic carbocycles. The van der Waals surface area contributed by atoms with Gasteiger partial charge in [-0.25, -0.2) is 4.79 Å². The van der Waals surface area contributed by atoms with Gasteiger partial charge in [0.1, 0.15) is 0 Å². The fourth-order valence-corrected chi connectivity index (χ4v) is 3.13. The van der Waals surface area contributed by atoms with Crippen molar-refractivity contribution in [1.29, 1.82) is 0 Å². The predicted octanol–water partition coefficient (Wildman–Crippen LogP) is 2.42. The van der Waals surface area contributed by atoms with E-state index in [0.717, 1.165) is 12.1 Å². The number of fused-ring (bicyclic) bond motifs is 1. The largest absolute Gasteiger partial charge is 0.465 e. The van der Waals surface area contributed by atoms with Crippen molar-refractivity contribution in [2.24, 2.45) is 0 Å². The molecule has 4 nitrogen and oxygen atoms in total. The maximum absolute atomic E-state index is 11.7. The van der Waals surface area contributed by atoms with E-state index in [9.17, 15) is 4.79 Å². The Morgan fingerprint density at radius 1 is 1.12 bits per heavy atom. The number of hydrogen-bond donors (Lipinski definition) is 2. The van der Waals surface area contributed by atoms with Crippen LogP contribution in [0.4, 0.5) is 0 Å². The number of carbonyl (C=O) groups is 1. The Balaban J connectivity index is 1.92. The first kappa shape index (κ1) is 16.3. The molecule has 0 aliphatic heterocycles. The van der Waals surface area contributed by atoms with Gasteiger partial charge in [-0.1, -0.05) is 48.5 Å². The minimum absolute atomic E-state index is 0.194. The first-order valence-corrected chi connectivity index (χ1v) is 8.23. The molecule has 3 aromatic rings. The van der Waals surface area contributed by atoms with Gasteiger partial charge in [-0.3, -0.25) is 0 Å². The Morgan fingerprint density at radius 2 is 1.83 bits per heavy atom. The number of benzene rings is 2. The predicted molar refractivity (Wildman–Crippen MR) is 94.9 cm³/mol. The van der Waals surface area contributed by atoms with Crippen LogP contribution in [-0.2, 0) is 9.53 Å². The lowest BCUT2D eigenvalue weighted by atomic mass is 9.90. The zero-order valence-electron chi connectivity index (χ0n) is 14.0. The second-order valence-corrected chi connectivity index (χ2v) is 6.04. The van der Waals surface area contributed by atoms with Crippen molar-refractivity contribution in [1.82, 2.24) is 4.98 Å². The maximum atomic E-state index is 11.7. The van der Waals surface area contributed by atoms with Gasteiger partial charge in [0.15, 0.2) is 6.04 Å². The van der Waals surface area contributed by atoms with Gasteiger partial charge in [0.05, 0.1) is 19.6 Å². The smallest absolute Gasteiger partial charge is 0.364 e. The monoisotopic (exact) mass is 323 g/mol. The second kappa shape index (κ2) is 7.32. The maximum Gasteiger partial charge on any atom is 0.364 e. The number of nitrogens with one attached hydrogen (secondary N) is 1. The molecule has 3 rings (SSSR count). The number of methoxy groups -OCH3 is 1. The van der Waals surface area contributed by atoms with Gasteiger partial charge in [0.25, 0.3) is 0 Å². The highest BCUT2D eigenvalue weighted by molar-refractivity contribution is 5.84. The van der Waals surface area contributed by atoms with Gasteiger partial charge < -0.3 is 15.0 Å². The van der Waals surface area contributed by atoms with Crippen LogP contribution in [0.25, 0.3) is 10.9 Å². The Morgan fingerprint density at radius 3 is 2.58 bits per heavy atom. The molecule has 0 saturated heterocycles. The number of quaternary nitrogens is 1. The summed E-state index contributed by atoms with van der Waals surface area (Å²) in [5.41, 5.74) is 3.63. The second-order valence-electron chi connectivity index (χ2n) is 6.04. The van der Waals surface area contributed by atoms with Gasteiger partial charge in [0.2, 0.25) is 0 Å². The Labute approximate surface area is 141 Å². The van der Waals surface area contributed by atoms with Crippen LogP contribution in [0.1, 0.15) is 24.0 Å². The fraction of sp³-hybridized carbons (Fsp3) is 0.250. The van der Waals surface area contributed by atoms with Crippen molar-refractivity contribution in [3.63, 3.8) is 0 Å². The molecule has 1 heterocycles. The van der Waals surface area contributed by atoms with Crippen LogP contribution in [0.3, 0.4) is 0 Å². The average molecular weight is 323 g/mol. The number of esters is 1. The number of nitrogens with two attached hydrogens (primary N) is 1. The minimum Gasteiger partial charge on any atom is -0.465 e. The zero-order chi connectivity index (χ0) is 16.9. The number of H-pyrrole nitrogens is 1. The van der Waals surface area contributed by atoms with Crippen molar-refractivity contribution in [2.45, 2.75) is 18.9 Å². The third-order valence-corrected chi connectivity index (χ3v) is 4.50. The van der Waals surface area contributed by atoms with Crippen molar-refractivity contribution in [3.8, 4) is 0 Å². The summed E-state index contributed by atoms with van der Waals surface area (Å²) in [4.78, 5) is 15.1. The fourth-order valence-electron chi connectivity index (χ4n) is 3.13. The number of para-hydroxylation sites is 1. The molecule has 0 aliphatic carbocycles. The molecular weight excluding hydrogens is 300 g/mol. The number of carbonyl (C=O) groups excluding carboxylic acids is 1. The summed E-state index contributed by atoms with van der Waals surface area (Å²) in [5.74, 6) is 0.00944. The highest BCUT2D eigenvalue weighted by Gasteiger charge is 2.23. The zero-order valence-corrected chi connectivity index (χ0v) is 14.0. The van der Waals surface area contributed by atoms with E-state index >= 15 is 0 Å². The lowest BCUT2D eigenvalue weighted by Crippen LogP contribution is -2.92. The van der Waals surface area contributed by atoms with Gasteiger partial charge in [-0.15, -0.1) is 0 Å². The van der Waals surface area contributed by atoms with Crippen LogP contribution in [0, 0.1) is 0 Å². The number of hydrogen-bond acceptors (Lipinski definition) is 2. The molecule has 0 saturated carbocycles. The highest BCUT2D eigenvalue weighted by Crippen LogP contribution is 2.29. The minimum atomic E-state index is -0.216. The molecule has 3 N–H and O–H groups in total. The molecule has 0 aliphatic rings. The van der Waals surface area contributed by atoms with E-state index in [4.69, 9.17) is 4.74 Å². The average Bonchev–Trinajstić information content (AvgIpc) is 3.06. The van der Waals surface area contributed by atoms with E-state index in [-0.39, 0.29) is 17.9 Å². The van der Waals surface area contributed by atoms with Crippen LogP contribution in [0.2, 0.25) is 0 Å². The molecule has 0 bridgehead atoms. The van der Waals surface area contributed by atoms with E-state index in [0.29, 0.717) is 0 Å². The summed E-state index contributed by atoms with van der Waals surface area (Å²) in [7, 11) is 1.43. The van der Waals surface area contributed by atoms with Crippen molar-refractivity contribution >= 4 is 16.9 Å². The van der Waals surface area contributed by atoms with E-state index in [1.54, 1.807) is 0 Å². The molecule has 124 valence electrons. The summed E-state index contributed by atoms with van der Waals surface area (Å²) >= 11 is 0. The van der Waals surface area contributed by atoms with Gasteiger partial charge in [0, 0.05) is 17.1 Å². The Bertz CT molecular complexity index is 811. The van der Waals surface area contributed by atoms with E-state index in [2.05, 4.69) is 53.6 Å². The third kappa shape index (κ3) is 3.34. The normalized spacial score (nSPS) is 13.6. The Hall–Kier alpha value is -2.59. The lowest BCUT2D eigenvalue weighted by molar-refractivity contribution is -0.676. The molecule has 1 aromatic heterocycles. The van der Waals surface area contributed by atoms with E-state index in [1.165, 1.54) is 23.6 Å². The Kier molecular flexibility index (Phi) is 4.96. The van der Waals surface area contributed by atoms with Crippen molar-refractivity contribution in [2.75, 3.05) is 13.7 Å². The standard InChI is InChI=1S/C20H22N2O2/c1-14(20(23)24-2)21-12-17(15-8-4-3-5-9-15)18-13-22-19-11-7-6-10-16(18)19/h3-11,13-14,17,21-22H,12H2,1-2H3/p+1/t14-,17-/m1/s1. The summed E-state index contributed by atoms with van der Waals surface area (Å²) in [5, 5.41) is 3.27. The summed E-state index contributed by atoms with van der Waals surface area (Å²) in [6, 6.07) is 18.5. The molecule has 0 radical (unpaired) electrons. The molecule has 4 heteroatoms. The molecule has 0 unspecified atom stereocenters. The number of aromatic nitrogens is 1. The van der Waals surface area contributed by atoms with Crippen LogP contribution in [-0.4, -0.2) is 30.6 Å². The first-order chi connectivity index (χ1) is 11.7. The van der Waals surface area contributed by atoms with Crippen molar-refractivity contribution in [3.05, 3.63) is 71.9 Å². The summed E-state index contributed by atoms with van der Waals surface area (Å²) < 4.78 is 4.83. The molecular formula is C20H23N2O2+. The molecule has 24 heavy (non-hydrogen) atoms. The number of aromatic amines is 1. The van der Waals surface area contributed by atoms with E-state index in [1.807, 2.05) is 24.4 Å². The van der Waals surface area contributed by atoms with Crippen LogP contribution < -0.4 is 5.32 Å². The SMILES string of the molecule is COC(=O)[C@@H](C)[NH2+]C[C@H](c1ccccc1)c1c[nH]c2ccccc12. The van der Waals surface area contributed by atoms with Gasteiger partial charge >= 0.3 is 5.97 Å². The molecule has 0 amide bonds. The van der Waals surface area contributed by atoms with Crippen molar-refractivity contribution < 1.29 is 14.8 Å². The highest BCUT2D eigenvalue weighted by atomic mass is 16.5. The number of ether oxygens (including phenoxy) is 1. The van der Waals surface area contributed by atoms with Gasteiger partial charge in [-0.2, -0.15) is 0 Å². The van der Waals surface area contributed by atoms with Gasteiger partial charge in [-0.05, 0) is 24.1 Å². The third-order valence-electron chi connectivity index (χ3n) is 4.50. The number of rotatable bonds is 6. The van der Waals surface area contributed by atoms with E-state index < -0.39 is 0 Å². The van der Waals surface area contributed by atoms with Crippen LogP contribution in [0.15, 0.2) is 60.8 Å². The summed E-state index contributed by atoms with van der Waals surface area (Å²) in [6.45, 7) is 2.66. The quantitative estimate of drug-likeness (QED) is 0.685. The molecule has 2 atom stereocenters. The lowest BCUT2D eigenvalue weighted by Gasteiger charge is -2.18. The first-order valence-electron chi connectivity index (χ1n) is 8.23. The molecule has 0 fully saturated rings. The summed E-state index contributed by atoms with van der Waals surface area (Å²) in [6.07, 6.45) is 2.08. The van der Waals surface area contributed by atoms with Crippen LogP contribution in [0.5, 0.6) is 0 Å². The molecule has 0 spiro atoms. The van der Waals surface area contributed by atoms with Crippen LogP contribution >= 0.6 is 0 Å². The topological polar surface area (TPSA) is 58.7 Å².